The van der Waals surface area contributed by atoms with Crippen LogP contribution in [0.15, 0.2) is 24.3 Å². The van der Waals surface area contributed by atoms with Crippen molar-refractivity contribution >= 4 is 78.6 Å². The number of amides is 2. The number of carbonyl (C=O) groups is 2. The third-order valence-corrected chi connectivity index (χ3v) is 10.2. The summed E-state index contributed by atoms with van der Waals surface area (Å²) in [6, 6.07) is 4.50. The highest BCUT2D eigenvalue weighted by Gasteiger charge is 2.48. The number of imide groups is 1. The molecule has 2 aliphatic rings. The Morgan fingerprint density at radius 3 is 2.17 bits per heavy atom. The first-order valence-electron chi connectivity index (χ1n) is 15.5. The van der Waals surface area contributed by atoms with E-state index in [0.29, 0.717) is 19.6 Å². The third kappa shape index (κ3) is 4.67. The van der Waals surface area contributed by atoms with Crippen molar-refractivity contribution < 1.29 is 43.2 Å². The van der Waals surface area contributed by atoms with E-state index >= 15 is 4.39 Å². The van der Waals surface area contributed by atoms with Crippen LogP contribution in [0.5, 0.6) is 0 Å². The first-order chi connectivity index (χ1) is 23.0. The average Bonchev–Trinajstić information content (AvgIpc) is 3.67. The van der Waals surface area contributed by atoms with Crippen LogP contribution in [0.1, 0.15) is 40.8 Å². The number of nitrogens with zero attached hydrogens (tertiary/aromatic N) is 3. The van der Waals surface area contributed by atoms with E-state index in [1.807, 2.05) is 13.8 Å². The highest BCUT2D eigenvalue weighted by molar-refractivity contribution is 6.43. The van der Waals surface area contributed by atoms with Crippen molar-refractivity contribution in [1.82, 2.24) is 19.4 Å². The second-order valence-electron chi connectivity index (χ2n) is 12.0. The Hall–Kier alpha value is -3.40. The average molecular weight is 706 g/mol. The molecule has 1 saturated heterocycles. The lowest BCUT2D eigenvalue weighted by Crippen LogP contribution is -2.57. The zero-order chi connectivity index (χ0) is 34.3. The molecule has 0 radical (unpaired) electrons. The van der Waals surface area contributed by atoms with Gasteiger partial charge in [0.15, 0.2) is 6.23 Å². The maximum Gasteiger partial charge on any atom is 0.262 e. The lowest BCUT2D eigenvalue weighted by molar-refractivity contribution is -0.255. The molecule has 7 rings (SSSR count). The number of aromatic nitrogens is 2. The van der Waals surface area contributed by atoms with Crippen LogP contribution >= 0.6 is 23.2 Å². The number of halogens is 4. The van der Waals surface area contributed by atoms with Gasteiger partial charge in [-0.3, -0.25) is 14.5 Å². The van der Waals surface area contributed by atoms with Crippen molar-refractivity contribution in [3.05, 3.63) is 57.1 Å². The Morgan fingerprint density at radius 2 is 1.54 bits per heavy atom. The predicted molar refractivity (Wildman–Crippen MR) is 176 cm³/mol. The number of aliphatic hydroxyl groups excluding tert-OH is 3. The van der Waals surface area contributed by atoms with Crippen molar-refractivity contribution in [1.29, 1.82) is 0 Å². The molecule has 0 saturated carbocycles. The lowest BCUT2D eigenvalue weighted by Gasteiger charge is -2.42. The van der Waals surface area contributed by atoms with Gasteiger partial charge in [-0.1, -0.05) is 37.0 Å². The normalized spacial score (nSPS) is 23.2. The molecule has 4 N–H and O–H groups in total. The monoisotopic (exact) mass is 704 g/mol. The Bertz CT molecular complexity index is 2150. The number of nitrogens with one attached hydrogen (secondary N) is 1. The van der Waals surface area contributed by atoms with Gasteiger partial charge in [-0.15, -0.1) is 0 Å². The Labute approximate surface area is 282 Å². The third-order valence-electron chi connectivity index (χ3n) is 9.65. The van der Waals surface area contributed by atoms with Gasteiger partial charge in [0.25, 0.3) is 11.8 Å². The number of ether oxygens (including phenoxy) is 2. The summed E-state index contributed by atoms with van der Waals surface area (Å²) in [6.45, 7) is 5.15. The molecule has 5 atom stereocenters. The van der Waals surface area contributed by atoms with Crippen LogP contribution in [0.4, 0.5) is 8.78 Å². The van der Waals surface area contributed by atoms with E-state index in [-0.39, 0.29) is 71.3 Å². The standard InChI is InChI=1S/C33H32Cl2F2N4O7/c1-4-39(5-2)6-7-40-31(45)22-20-15-8-13(36)10-17(34)24(15)38-25(20)27-21(23(22)32(40)46)16-9-14(37)11-18(35)26(16)41(27)33-29(44)28(43)30(47-3)19(12-42)48-33/h8-11,19,28-30,33,38,42-44H,4-7,12H2,1-3H3/t19-,28-,29-,30?,33-/m1/s1. The number of hydrogen-bond acceptors (Lipinski definition) is 8. The fourth-order valence-corrected chi connectivity index (χ4v) is 7.92. The summed E-state index contributed by atoms with van der Waals surface area (Å²) in [4.78, 5) is 35.1. The number of fused-ring (bicyclic) bond motifs is 10. The van der Waals surface area contributed by atoms with Crippen LogP contribution in [0.25, 0.3) is 43.6 Å². The summed E-state index contributed by atoms with van der Waals surface area (Å²) < 4.78 is 43.0. The number of likely N-dealkylation sites (N-methyl/N-ethyl adjacent to an activating group) is 1. The number of rotatable bonds is 8. The zero-order valence-electron chi connectivity index (χ0n) is 26.1. The van der Waals surface area contributed by atoms with Gasteiger partial charge in [-0.05, 0) is 37.4 Å². The number of benzene rings is 3. The Kier molecular flexibility index (Phi) is 8.40. The van der Waals surface area contributed by atoms with Crippen molar-refractivity contribution in [2.45, 2.75) is 44.5 Å². The molecule has 2 amide bonds. The van der Waals surface area contributed by atoms with Crippen LogP contribution in [0, 0.1) is 11.6 Å². The first-order valence-corrected chi connectivity index (χ1v) is 16.3. The van der Waals surface area contributed by atoms with Crippen LogP contribution in [0.3, 0.4) is 0 Å². The highest BCUT2D eigenvalue weighted by Crippen LogP contribution is 2.49. The number of aliphatic hydroxyl groups is 3. The predicted octanol–water partition coefficient (Wildman–Crippen LogP) is 4.58. The van der Waals surface area contributed by atoms with Crippen LogP contribution < -0.4 is 0 Å². The largest absolute Gasteiger partial charge is 0.394 e. The maximum atomic E-state index is 15.2. The summed E-state index contributed by atoms with van der Waals surface area (Å²) >= 11 is 13.2. The van der Waals surface area contributed by atoms with E-state index in [1.165, 1.54) is 17.7 Å². The first kappa shape index (κ1) is 33.1. The van der Waals surface area contributed by atoms with Crippen molar-refractivity contribution in [3.63, 3.8) is 0 Å². The van der Waals surface area contributed by atoms with Crippen molar-refractivity contribution in [3.8, 4) is 0 Å². The molecule has 11 nitrogen and oxygen atoms in total. The molecule has 1 fully saturated rings. The molecular formula is C33H32Cl2F2N4O7. The quantitative estimate of drug-likeness (QED) is 0.172. The van der Waals surface area contributed by atoms with E-state index in [0.717, 1.165) is 23.1 Å². The number of aromatic amines is 1. The smallest absolute Gasteiger partial charge is 0.262 e. The second-order valence-corrected chi connectivity index (χ2v) is 12.8. The van der Waals surface area contributed by atoms with E-state index < -0.39 is 60.7 Å². The van der Waals surface area contributed by atoms with Gasteiger partial charge in [0.1, 0.15) is 36.1 Å². The van der Waals surface area contributed by atoms with E-state index in [9.17, 15) is 29.3 Å². The SMILES string of the molecule is CCN(CC)CCN1C(=O)c2c(c3c4cc(F)cc(Cl)c4n([C@@H]4O[C@H](CO)C(OC)[C@H](O)[C@H]4O)c3c3[nH]c4c(Cl)cc(F)cc4c23)C1=O. The highest BCUT2D eigenvalue weighted by atomic mass is 35.5. The fraction of sp³-hybridized carbons (Fsp3) is 0.394. The van der Waals surface area contributed by atoms with Crippen LogP contribution in [-0.2, 0) is 9.47 Å². The van der Waals surface area contributed by atoms with Crippen LogP contribution in [0.2, 0.25) is 10.0 Å². The van der Waals surface area contributed by atoms with Crippen molar-refractivity contribution in [2.24, 2.45) is 0 Å². The summed E-state index contributed by atoms with van der Waals surface area (Å²) in [5.74, 6) is -2.70. The Balaban J connectivity index is 1.64. The zero-order valence-corrected chi connectivity index (χ0v) is 27.6. The molecule has 0 bridgehead atoms. The van der Waals surface area contributed by atoms with E-state index in [4.69, 9.17) is 32.7 Å². The van der Waals surface area contributed by atoms with Crippen molar-refractivity contribution in [2.75, 3.05) is 39.9 Å². The van der Waals surface area contributed by atoms with Gasteiger partial charge in [0, 0.05) is 41.7 Å². The topological polar surface area (TPSA) is 140 Å². The van der Waals surface area contributed by atoms with Gasteiger partial charge in [0.2, 0.25) is 0 Å². The summed E-state index contributed by atoms with van der Waals surface area (Å²) in [6.07, 6.45) is -6.96. The minimum atomic E-state index is -1.69. The Morgan fingerprint density at radius 1 is 0.917 bits per heavy atom. The maximum absolute atomic E-state index is 15.2. The number of carbonyl (C=O) groups excluding carboxylic acids is 2. The minimum Gasteiger partial charge on any atom is -0.394 e. The lowest BCUT2D eigenvalue weighted by atomic mass is 9.96. The minimum absolute atomic E-state index is 0.00217. The molecule has 2 aliphatic heterocycles. The molecule has 3 aromatic carbocycles. The molecule has 5 aromatic rings. The molecule has 48 heavy (non-hydrogen) atoms. The second kappa shape index (κ2) is 12.2. The van der Waals surface area contributed by atoms with E-state index in [1.54, 1.807) is 0 Å². The van der Waals surface area contributed by atoms with Gasteiger partial charge >= 0.3 is 0 Å². The molecule has 1 unspecified atom stereocenters. The molecule has 15 heteroatoms. The number of H-pyrrole nitrogens is 1. The van der Waals surface area contributed by atoms with Gasteiger partial charge in [-0.25, -0.2) is 8.78 Å². The molecular weight excluding hydrogens is 673 g/mol. The van der Waals surface area contributed by atoms with Crippen LogP contribution in [-0.4, -0.2) is 111 Å². The molecule has 254 valence electrons. The van der Waals surface area contributed by atoms with E-state index in [2.05, 4.69) is 9.88 Å². The number of methoxy groups -OCH3 is 1. The molecule has 0 spiro atoms. The molecule has 0 aliphatic carbocycles. The summed E-state index contributed by atoms with van der Waals surface area (Å²) in [5.41, 5.74) is 0.640. The van der Waals surface area contributed by atoms with Gasteiger partial charge in [0.05, 0.1) is 49.8 Å². The molecule has 2 aromatic heterocycles. The van der Waals surface area contributed by atoms with Gasteiger partial charge < -0.3 is 39.2 Å². The molecule has 4 heterocycles. The fourth-order valence-electron chi connectivity index (χ4n) is 7.37. The summed E-state index contributed by atoms with van der Waals surface area (Å²) in [5, 5.41) is 33.3. The summed E-state index contributed by atoms with van der Waals surface area (Å²) in [7, 11) is 1.29. The van der Waals surface area contributed by atoms with Gasteiger partial charge in [-0.2, -0.15) is 0 Å². The number of hydrogen-bond donors (Lipinski definition) is 4.